The minimum Gasteiger partial charge on any atom is -0.396 e. The minimum absolute atomic E-state index is 0.359. The SMILES string of the molecule is CCCCCCCCCCCCCCCCCCOC(CCCCCCCCC=CCCCCCCCCO)CCCCCCCCCCCCCCCCC. The van der Waals surface area contributed by atoms with Gasteiger partial charge in [-0.1, -0.05) is 276 Å². The van der Waals surface area contributed by atoms with Gasteiger partial charge in [0, 0.05) is 13.2 Å². The molecule has 1 unspecified atom stereocenters. The minimum atomic E-state index is 0.359. The molecular formula is C54H108O2. The molecule has 0 amide bonds. The van der Waals surface area contributed by atoms with E-state index in [1.54, 1.807) is 0 Å². The molecule has 0 spiro atoms. The van der Waals surface area contributed by atoms with Crippen LogP contribution in [0.15, 0.2) is 12.2 Å². The highest BCUT2D eigenvalue weighted by Crippen LogP contribution is 2.20. The number of allylic oxidation sites excluding steroid dienone is 2. The van der Waals surface area contributed by atoms with E-state index in [4.69, 9.17) is 9.84 Å². The van der Waals surface area contributed by atoms with Gasteiger partial charge in [0.15, 0.2) is 0 Å². The third-order valence-electron chi connectivity index (χ3n) is 12.6. The lowest BCUT2D eigenvalue weighted by molar-refractivity contribution is 0.0357. The number of aliphatic hydroxyl groups is 1. The average molecular weight is 789 g/mol. The highest BCUT2D eigenvalue weighted by Gasteiger charge is 2.09. The molecule has 0 saturated carbocycles. The van der Waals surface area contributed by atoms with Crippen LogP contribution in [-0.2, 0) is 4.74 Å². The predicted octanol–water partition coefficient (Wildman–Crippen LogP) is 19.3. The van der Waals surface area contributed by atoms with Crippen molar-refractivity contribution in [2.75, 3.05) is 13.2 Å². The Morgan fingerprint density at radius 1 is 0.304 bits per heavy atom. The monoisotopic (exact) mass is 789 g/mol. The average Bonchev–Trinajstić information content (AvgIpc) is 3.21. The molecular weight excluding hydrogens is 681 g/mol. The van der Waals surface area contributed by atoms with Gasteiger partial charge >= 0.3 is 0 Å². The van der Waals surface area contributed by atoms with E-state index in [0.717, 1.165) is 13.0 Å². The van der Waals surface area contributed by atoms with Gasteiger partial charge < -0.3 is 9.84 Å². The first-order chi connectivity index (χ1) is 27.8. The van der Waals surface area contributed by atoms with E-state index >= 15 is 0 Å². The third kappa shape index (κ3) is 49.8. The second-order valence-corrected chi connectivity index (χ2v) is 18.3. The lowest BCUT2D eigenvalue weighted by Gasteiger charge is -2.18. The molecule has 1 atom stereocenters. The van der Waals surface area contributed by atoms with Crippen LogP contribution >= 0.6 is 0 Å². The van der Waals surface area contributed by atoms with Crippen molar-refractivity contribution in [2.45, 2.75) is 322 Å². The van der Waals surface area contributed by atoms with E-state index in [-0.39, 0.29) is 0 Å². The molecule has 2 nitrogen and oxygen atoms in total. The molecule has 0 heterocycles. The second-order valence-electron chi connectivity index (χ2n) is 18.3. The Bertz CT molecular complexity index is 688. The van der Waals surface area contributed by atoms with Gasteiger partial charge in [-0.15, -0.1) is 0 Å². The van der Waals surface area contributed by atoms with E-state index in [0.29, 0.717) is 12.7 Å². The largest absolute Gasteiger partial charge is 0.396 e. The Hall–Kier alpha value is -0.340. The standard InChI is InChI=1S/C54H108O2/c1-3-5-7-9-11-13-15-17-19-25-29-33-37-41-45-49-53-56-54(50-46-42-38-34-30-26-22-18-16-14-12-10-8-6-4-2)51-47-43-39-35-31-27-23-20-21-24-28-32-36-40-44-48-52-55/h20-21,54-55H,3-19,22-53H2,1-2H3. The molecule has 0 bridgehead atoms. The van der Waals surface area contributed by atoms with Crippen molar-refractivity contribution in [1.29, 1.82) is 0 Å². The van der Waals surface area contributed by atoms with E-state index in [9.17, 15) is 0 Å². The van der Waals surface area contributed by atoms with Crippen LogP contribution in [0, 0.1) is 0 Å². The second kappa shape index (κ2) is 52.7. The molecule has 336 valence electrons. The smallest absolute Gasteiger partial charge is 0.0575 e. The van der Waals surface area contributed by atoms with Gasteiger partial charge in [0.1, 0.15) is 0 Å². The Balaban J connectivity index is 3.98. The van der Waals surface area contributed by atoms with Crippen LogP contribution in [0.3, 0.4) is 0 Å². The molecule has 0 aromatic heterocycles. The van der Waals surface area contributed by atoms with Crippen molar-refractivity contribution >= 4 is 0 Å². The fourth-order valence-electron chi connectivity index (χ4n) is 8.61. The maximum absolute atomic E-state index is 8.87. The van der Waals surface area contributed by atoms with E-state index in [1.165, 1.54) is 295 Å². The lowest BCUT2D eigenvalue weighted by Crippen LogP contribution is -2.14. The van der Waals surface area contributed by atoms with E-state index in [1.807, 2.05) is 0 Å². The van der Waals surface area contributed by atoms with Crippen LogP contribution in [0.1, 0.15) is 316 Å². The molecule has 0 saturated heterocycles. The van der Waals surface area contributed by atoms with Crippen LogP contribution in [0.4, 0.5) is 0 Å². The van der Waals surface area contributed by atoms with E-state index < -0.39 is 0 Å². The quantitative estimate of drug-likeness (QED) is 0.0491. The maximum atomic E-state index is 8.87. The van der Waals surface area contributed by atoms with Crippen molar-refractivity contribution < 1.29 is 9.84 Å². The molecule has 0 aliphatic rings. The van der Waals surface area contributed by atoms with Crippen LogP contribution in [-0.4, -0.2) is 24.4 Å². The van der Waals surface area contributed by atoms with Gasteiger partial charge in [0.05, 0.1) is 6.10 Å². The molecule has 0 rings (SSSR count). The molecule has 1 N–H and O–H groups in total. The lowest BCUT2D eigenvalue weighted by atomic mass is 10.0. The summed E-state index contributed by atoms with van der Waals surface area (Å²) in [5.41, 5.74) is 0. The molecule has 0 aliphatic heterocycles. The van der Waals surface area contributed by atoms with Gasteiger partial charge in [-0.25, -0.2) is 0 Å². The number of hydrogen-bond donors (Lipinski definition) is 1. The highest BCUT2D eigenvalue weighted by molar-refractivity contribution is 4.81. The molecule has 0 aliphatic carbocycles. The van der Waals surface area contributed by atoms with Gasteiger partial charge in [0.2, 0.25) is 0 Å². The van der Waals surface area contributed by atoms with Crippen molar-refractivity contribution in [3.8, 4) is 0 Å². The molecule has 0 radical (unpaired) electrons. The van der Waals surface area contributed by atoms with E-state index in [2.05, 4.69) is 26.0 Å². The van der Waals surface area contributed by atoms with Crippen molar-refractivity contribution in [2.24, 2.45) is 0 Å². The summed E-state index contributed by atoms with van der Waals surface area (Å²) in [6, 6.07) is 0. The zero-order valence-corrected chi connectivity index (χ0v) is 39.2. The normalized spacial score (nSPS) is 12.4. The summed E-state index contributed by atoms with van der Waals surface area (Å²) >= 11 is 0. The fourth-order valence-corrected chi connectivity index (χ4v) is 8.61. The number of aliphatic hydroxyl groups excluding tert-OH is 1. The molecule has 0 aromatic rings. The Kier molecular flexibility index (Phi) is 52.4. The first kappa shape index (κ1) is 55.7. The predicted molar refractivity (Wildman–Crippen MR) is 254 cm³/mol. The number of hydrogen-bond acceptors (Lipinski definition) is 2. The summed E-state index contributed by atoms with van der Waals surface area (Å²) in [7, 11) is 0. The fraction of sp³-hybridized carbons (Fsp3) is 0.963. The zero-order chi connectivity index (χ0) is 40.3. The zero-order valence-electron chi connectivity index (χ0n) is 39.2. The summed E-state index contributed by atoms with van der Waals surface area (Å²) in [6.07, 6.45) is 70.9. The maximum Gasteiger partial charge on any atom is 0.0575 e. The number of ether oxygens (including phenoxy) is 1. The van der Waals surface area contributed by atoms with Gasteiger partial charge in [-0.05, 0) is 51.4 Å². The van der Waals surface area contributed by atoms with Crippen LogP contribution in [0.5, 0.6) is 0 Å². The first-order valence-corrected chi connectivity index (χ1v) is 26.7. The van der Waals surface area contributed by atoms with Crippen molar-refractivity contribution in [3.05, 3.63) is 12.2 Å². The third-order valence-corrected chi connectivity index (χ3v) is 12.6. The van der Waals surface area contributed by atoms with Crippen LogP contribution < -0.4 is 0 Å². The highest BCUT2D eigenvalue weighted by atomic mass is 16.5. The molecule has 0 aromatic carbocycles. The van der Waals surface area contributed by atoms with Crippen molar-refractivity contribution in [3.63, 3.8) is 0 Å². The van der Waals surface area contributed by atoms with Gasteiger partial charge in [0.25, 0.3) is 0 Å². The Labute approximate surface area is 355 Å². The van der Waals surface area contributed by atoms with Crippen LogP contribution in [0.25, 0.3) is 0 Å². The molecule has 56 heavy (non-hydrogen) atoms. The topological polar surface area (TPSA) is 29.5 Å². The van der Waals surface area contributed by atoms with Gasteiger partial charge in [-0.3, -0.25) is 0 Å². The molecule has 0 fully saturated rings. The summed E-state index contributed by atoms with van der Waals surface area (Å²) in [5.74, 6) is 0. The summed E-state index contributed by atoms with van der Waals surface area (Å²) in [4.78, 5) is 0. The Morgan fingerprint density at radius 3 is 0.857 bits per heavy atom. The Morgan fingerprint density at radius 2 is 0.554 bits per heavy atom. The summed E-state index contributed by atoms with van der Waals surface area (Å²) in [5, 5.41) is 8.87. The summed E-state index contributed by atoms with van der Waals surface area (Å²) in [6.45, 7) is 5.98. The molecule has 2 heteroatoms. The number of unbranched alkanes of at least 4 members (excludes halogenated alkanes) is 41. The van der Waals surface area contributed by atoms with Gasteiger partial charge in [-0.2, -0.15) is 0 Å². The van der Waals surface area contributed by atoms with Crippen LogP contribution in [0.2, 0.25) is 0 Å². The summed E-state index contributed by atoms with van der Waals surface area (Å²) < 4.78 is 6.59. The number of rotatable bonds is 51. The van der Waals surface area contributed by atoms with Crippen molar-refractivity contribution in [1.82, 2.24) is 0 Å². The first-order valence-electron chi connectivity index (χ1n) is 26.7.